The van der Waals surface area contributed by atoms with Gasteiger partial charge in [0.25, 0.3) is 0 Å². The average molecular weight is 293 g/mol. The van der Waals surface area contributed by atoms with E-state index in [1.165, 1.54) is 0 Å². The van der Waals surface area contributed by atoms with Crippen LogP contribution in [0.25, 0.3) is 0 Å². The molecule has 0 bridgehead atoms. The molecule has 7 heteroatoms. The van der Waals surface area contributed by atoms with Crippen LogP contribution in [-0.4, -0.2) is 35.6 Å². The van der Waals surface area contributed by atoms with Crippen molar-refractivity contribution in [1.29, 1.82) is 0 Å². The Balaban J connectivity index is 2.23. The van der Waals surface area contributed by atoms with Crippen molar-refractivity contribution in [1.82, 2.24) is 10.6 Å². The zero-order valence-corrected chi connectivity index (χ0v) is 11.8. The highest BCUT2D eigenvalue weighted by atomic mass is 16.4. The second-order valence-electron chi connectivity index (χ2n) is 4.57. The molecule has 0 aliphatic heterocycles. The van der Waals surface area contributed by atoms with Crippen molar-refractivity contribution in [3.05, 3.63) is 30.3 Å². The molecule has 1 aromatic carbocycles. The molecule has 1 unspecified atom stereocenters. The number of carboxylic acid groups (broad SMARTS) is 1. The van der Waals surface area contributed by atoms with Crippen LogP contribution >= 0.6 is 0 Å². The molecule has 0 saturated carbocycles. The van der Waals surface area contributed by atoms with Crippen molar-refractivity contribution in [2.45, 2.75) is 25.8 Å². The molecule has 0 radical (unpaired) electrons. The molecular formula is C14H19N3O4. The van der Waals surface area contributed by atoms with Crippen molar-refractivity contribution in [2.75, 3.05) is 11.9 Å². The van der Waals surface area contributed by atoms with E-state index in [2.05, 4.69) is 16.0 Å². The summed E-state index contributed by atoms with van der Waals surface area (Å²) < 4.78 is 0. The Morgan fingerprint density at radius 2 is 1.86 bits per heavy atom. The lowest BCUT2D eigenvalue weighted by molar-refractivity contribution is -0.137. The van der Waals surface area contributed by atoms with Gasteiger partial charge in [-0.15, -0.1) is 0 Å². The zero-order valence-electron chi connectivity index (χ0n) is 11.8. The second-order valence-corrected chi connectivity index (χ2v) is 4.57. The monoisotopic (exact) mass is 293 g/mol. The van der Waals surface area contributed by atoms with Gasteiger partial charge in [-0.25, -0.2) is 4.79 Å². The van der Waals surface area contributed by atoms with Gasteiger partial charge in [0.05, 0.1) is 6.54 Å². The van der Waals surface area contributed by atoms with E-state index < -0.39 is 12.0 Å². The predicted molar refractivity (Wildman–Crippen MR) is 77.9 cm³/mol. The molecule has 4 N–H and O–H groups in total. The van der Waals surface area contributed by atoms with Gasteiger partial charge in [0.15, 0.2) is 0 Å². The van der Waals surface area contributed by atoms with Crippen molar-refractivity contribution < 1.29 is 19.5 Å². The molecule has 0 aromatic heterocycles. The number of benzene rings is 1. The lowest BCUT2D eigenvalue weighted by Crippen LogP contribution is -2.42. The maximum Gasteiger partial charge on any atom is 0.319 e. The molecule has 3 amide bonds. The van der Waals surface area contributed by atoms with Crippen LogP contribution in [0.4, 0.5) is 10.5 Å². The summed E-state index contributed by atoms with van der Waals surface area (Å²) in [6, 6.07) is 8.12. The number of carboxylic acids is 1. The first-order valence-corrected chi connectivity index (χ1v) is 6.58. The summed E-state index contributed by atoms with van der Waals surface area (Å²) in [6.45, 7) is 1.54. The lowest BCUT2D eigenvalue weighted by Gasteiger charge is -2.13. The quantitative estimate of drug-likeness (QED) is 0.605. The topological polar surface area (TPSA) is 108 Å². The van der Waals surface area contributed by atoms with Gasteiger partial charge in [-0.2, -0.15) is 0 Å². The summed E-state index contributed by atoms with van der Waals surface area (Å²) >= 11 is 0. The molecule has 1 rings (SSSR count). The van der Waals surface area contributed by atoms with E-state index in [1.54, 1.807) is 31.2 Å². The van der Waals surface area contributed by atoms with Crippen LogP contribution in [0.2, 0.25) is 0 Å². The first-order valence-electron chi connectivity index (χ1n) is 6.58. The number of hydrogen-bond acceptors (Lipinski definition) is 3. The van der Waals surface area contributed by atoms with Gasteiger partial charge < -0.3 is 21.1 Å². The highest BCUT2D eigenvalue weighted by molar-refractivity contribution is 5.92. The number of amides is 3. The molecule has 0 spiro atoms. The summed E-state index contributed by atoms with van der Waals surface area (Å²) in [5, 5.41) is 16.2. The van der Waals surface area contributed by atoms with Crippen LogP contribution in [0, 0.1) is 0 Å². The van der Waals surface area contributed by atoms with Crippen molar-refractivity contribution >= 4 is 23.6 Å². The van der Waals surface area contributed by atoms with Gasteiger partial charge in [-0.05, 0) is 25.5 Å². The number of aliphatic carboxylic acids is 1. The first-order chi connectivity index (χ1) is 9.97. The van der Waals surface area contributed by atoms with E-state index in [9.17, 15) is 14.4 Å². The minimum absolute atomic E-state index is 0.0105. The van der Waals surface area contributed by atoms with Gasteiger partial charge in [0.1, 0.15) is 0 Å². The Morgan fingerprint density at radius 3 is 2.48 bits per heavy atom. The average Bonchev–Trinajstić information content (AvgIpc) is 2.44. The summed E-state index contributed by atoms with van der Waals surface area (Å²) in [6.07, 6.45) is 0.334. The van der Waals surface area contributed by atoms with Crippen LogP contribution in [0.3, 0.4) is 0 Å². The minimum atomic E-state index is -0.906. The van der Waals surface area contributed by atoms with E-state index in [1.807, 2.05) is 6.07 Å². The number of anilines is 1. The maximum absolute atomic E-state index is 11.6. The van der Waals surface area contributed by atoms with Crippen LogP contribution in [0.15, 0.2) is 30.3 Å². The molecule has 0 aliphatic carbocycles. The normalized spacial score (nSPS) is 11.3. The number of urea groups is 1. The molecule has 0 saturated heterocycles. The summed E-state index contributed by atoms with van der Waals surface area (Å²) in [7, 11) is 0. The Hall–Kier alpha value is -2.57. The van der Waals surface area contributed by atoms with Gasteiger partial charge in [0.2, 0.25) is 5.91 Å². The molecule has 0 aliphatic rings. The van der Waals surface area contributed by atoms with Crippen molar-refractivity contribution in [3.8, 4) is 0 Å². The van der Waals surface area contributed by atoms with Crippen molar-refractivity contribution in [2.24, 2.45) is 0 Å². The fourth-order valence-electron chi connectivity index (χ4n) is 1.60. The number of rotatable bonds is 7. The van der Waals surface area contributed by atoms with Crippen molar-refractivity contribution in [3.63, 3.8) is 0 Å². The number of carbonyl (C=O) groups is 3. The third-order valence-electron chi connectivity index (χ3n) is 2.64. The Kier molecular flexibility index (Phi) is 6.73. The largest absolute Gasteiger partial charge is 0.481 e. The number of carbonyl (C=O) groups excluding carboxylic acids is 2. The fraction of sp³-hybridized carbons (Fsp3) is 0.357. The SMILES string of the molecule is CC(CCC(=O)O)NC(=O)CNC(=O)Nc1ccccc1. The predicted octanol–water partition coefficient (Wildman–Crippen LogP) is 1.18. The van der Waals surface area contributed by atoms with Crippen LogP contribution in [-0.2, 0) is 9.59 Å². The third kappa shape index (κ3) is 7.56. The Bertz CT molecular complexity index is 490. The fourth-order valence-corrected chi connectivity index (χ4v) is 1.60. The van der Waals surface area contributed by atoms with E-state index in [-0.39, 0.29) is 24.9 Å². The maximum atomic E-state index is 11.6. The zero-order chi connectivity index (χ0) is 15.7. The Morgan fingerprint density at radius 1 is 1.19 bits per heavy atom. The smallest absolute Gasteiger partial charge is 0.319 e. The molecular weight excluding hydrogens is 274 g/mol. The summed E-state index contributed by atoms with van der Waals surface area (Å²) in [5.74, 6) is -1.27. The highest BCUT2D eigenvalue weighted by Gasteiger charge is 2.10. The molecule has 1 atom stereocenters. The van der Waals surface area contributed by atoms with Gasteiger partial charge in [0, 0.05) is 18.2 Å². The van der Waals surface area contributed by atoms with Crippen LogP contribution in [0.1, 0.15) is 19.8 Å². The molecule has 0 heterocycles. The van der Waals surface area contributed by atoms with Gasteiger partial charge in [-0.3, -0.25) is 9.59 Å². The first kappa shape index (κ1) is 16.5. The summed E-state index contributed by atoms with van der Waals surface area (Å²) in [4.78, 5) is 33.5. The molecule has 1 aromatic rings. The minimum Gasteiger partial charge on any atom is -0.481 e. The molecule has 114 valence electrons. The van der Waals surface area contributed by atoms with E-state index >= 15 is 0 Å². The number of nitrogens with one attached hydrogen (secondary N) is 3. The molecule has 0 fully saturated rings. The lowest BCUT2D eigenvalue weighted by atomic mass is 10.2. The Labute approximate surface area is 122 Å². The summed E-state index contributed by atoms with van der Waals surface area (Å²) in [5.41, 5.74) is 0.630. The van der Waals surface area contributed by atoms with E-state index in [4.69, 9.17) is 5.11 Å². The molecule has 7 nitrogen and oxygen atoms in total. The third-order valence-corrected chi connectivity index (χ3v) is 2.64. The number of para-hydroxylation sites is 1. The van der Waals surface area contributed by atoms with Crippen LogP contribution in [0.5, 0.6) is 0 Å². The van der Waals surface area contributed by atoms with Gasteiger partial charge >= 0.3 is 12.0 Å². The standard InChI is InChI=1S/C14H19N3O4/c1-10(7-8-13(19)20)16-12(18)9-15-14(21)17-11-5-3-2-4-6-11/h2-6,10H,7-9H2,1H3,(H,16,18)(H,19,20)(H2,15,17,21). The molecule has 21 heavy (non-hydrogen) atoms. The van der Waals surface area contributed by atoms with E-state index in [0.29, 0.717) is 12.1 Å². The second kappa shape index (κ2) is 8.57. The highest BCUT2D eigenvalue weighted by Crippen LogP contribution is 2.03. The van der Waals surface area contributed by atoms with E-state index in [0.717, 1.165) is 0 Å². The number of hydrogen-bond donors (Lipinski definition) is 4. The van der Waals surface area contributed by atoms with Crippen LogP contribution < -0.4 is 16.0 Å². The van der Waals surface area contributed by atoms with Gasteiger partial charge in [-0.1, -0.05) is 18.2 Å².